The number of nitrogens with one attached hydrogen (secondary N) is 1. The molecule has 5 bridgehead atoms. The van der Waals surface area contributed by atoms with Crippen molar-refractivity contribution >= 4 is 40.0 Å². The molecule has 7 aliphatic rings. The molecule has 0 radical (unpaired) electrons. The molecule has 1 aliphatic carbocycles. The second kappa shape index (κ2) is 21.6. The number of carbonyl (C=O) groups is 4. The number of aliphatic hydroxyl groups excluding tert-OH is 1. The van der Waals surface area contributed by atoms with E-state index in [2.05, 4.69) is 29.0 Å². The smallest absolute Gasteiger partial charge is 0.315 e. The normalized spacial score (nSPS) is 27.8. The highest BCUT2D eigenvalue weighted by atomic mass is 16.7. The summed E-state index contributed by atoms with van der Waals surface area (Å²) in [4.78, 5) is 72.3. The molecule has 6 heterocycles. The number of ether oxygens (including phenoxy) is 3. The van der Waals surface area contributed by atoms with E-state index in [9.17, 15) is 34.5 Å². The van der Waals surface area contributed by atoms with Gasteiger partial charge < -0.3 is 44.6 Å². The Hall–Kier alpha value is -5.32. The average molecular weight is 967 g/mol. The molecule has 380 valence electrons. The van der Waals surface area contributed by atoms with Gasteiger partial charge in [-0.3, -0.25) is 34.1 Å². The molecule has 2 amide bonds. The number of Topliss-reactive ketones (excluding diaryl/α,β-unsaturated/α-hetero) is 1. The van der Waals surface area contributed by atoms with Gasteiger partial charge in [-0.2, -0.15) is 0 Å². The monoisotopic (exact) mass is 967 g/mol. The van der Waals surface area contributed by atoms with Crippen LogP contribution in [0, 0.1) is 24.7 Å². The minimum Gasteiger partial charge on any atom is -0.507 e. The van der Waals surface area contributed by atoms with Crippen LogP contribution in [0.15, 0.2) is 46.1 Å². The lowest BCUT2D eigenvalue weighted by Gasteiger charge is -2.37. The van der Waals surface area contributed by atoms with Crippen molar-refractivity contribution in [3.63, 3.8) is 0 Å². The summed E-state index contributed by atoms with van der Waals surface area (Å²) in [5.41, 5.74) is -0.355. The number of esters is 1. The number of ketones is 1. The Morgan fingerprint density at radius 3 is 2.34 bits per heavy atom. The highest BCUT2D eigenvalue weighted by Gasteiger charge is 2.50. The Morgan fingerprint density at radius 2 is 1.63 bits per heavy atom. The molecule has 1 saturated carbocycles. The molecule has 4 N–H and O–H groups in total. The number of likely N-dealkylation sites (tertiary alicyclic amines) is 1. The molecule has 0 aromatic heterocycles. The average Bonchev–Trinajstić information content (AvgIpc) is 3.82. The fourth-order valence-corrected chi connectivity index (χ4v) is 11.1. The minimum absolute atomic E-state index is 0.0110. The molecule has 3 fully saturated rings. The highest BCUT2D eigenvalue weighted by Crippen LogP contribution is 2.50. The molecule has 2 aromatic carbocycles. The second-order valence-electron chi connectivity index (χ2n) is 21.3. The molecule has 9 rings (SSSR count). The number of rotatable bonds is 7. The number of nitrogens with zero attached hydrogens (tertiary/aromatic N) is 5. The fourth-order valence-electron chi connectivity index (χ4n) is 11.1. The fraction of sp³-hybridized carbons (Fsp3) is 0.630. The highest BCUT2D eigenvalue weighted by molar-refractivity contribution is 6.19. The SMILES string of the molecule is C/C1=C/C=C/C(C)CCC(O)C[C@H](OC(=O)CC(=O)N2CCN(CC3CCCCC3)CC2)CC/C=C/OC2(C)Oc3c(C)c(O)c4c(O)c(c5c(c4c3C2=O)=NC2(CCN(CC(C)C)CC2)N=5)NC1=O. The third-order valence-corrected chi connectivity index (χ3v) is 15.2. The molecule has 3 unspecified atom stereocenters. The van der Waals surface area contributed by atoms with Crippen LogP contribution in [0.3, 0.4) is 0 Å². The van der Waals surface area contributed by atoms with Gasteiger partial charge in [-0.1, -0.05) is 58.3 Å². The van der Waals surface area contributed by atoms with Crippen LogP contribution in [0.4, 0.5) is 5.69 Å². The Bertz CT molecular complexity index is 2550. The van der Waals surface area contributed by atoms with E-state index in [1.54, 1.807) is 37.0 Å². The van der Waals surface area contributed by atoms with Crippen LogP contribution < -0.4 is 20.8 Å². The molecular formula is C54H74N6O10. The first-order chi connectivity index (χ1) is 33.4. The number of piperazine rings is 1. The number of phenols is 2. The molecule has 2 aromatic rings. The van der Waals surface area contributed by atoms with Crippen molar-refractivity contribution in [2.45, 2.75) is 149 Å². The summed E-state index contributed by atoms with van der Waals surface area (Å²) in [6, 6.07) is 0. The van der Waals surface area contributed by atoms with Gasteiger partial charge in [0.05, 0.1) is 28.7 Å². The van der Waals surface area contributed by atoms with E-state index in [4.69, 9.17) is 24.2 Å². The standard InChI is InChI=1S/C54H74N6O10/c1-33(2)31-58-22-20-54(21-23-58)56-45-42-43-48(64)36(5)50-44(42)51(66)53(6,70-50)68-28-11-10-17-39(69-41(63)30-40(62)60-26-24-59(25-27-60)32-37-15-8-7-9-16-37)29-38(61)19-18-34(3)13-12-14-35(4)52(67)55-47(49(43)65)46(45)57-54/h11-14,28,33-34,37-39,61,64-65H,7-10,15-27,29-32H2,1-6H3,(H,55,67)/b13-12+,28-11+,35-14-/t34?,38?,39-,53?/m1/s1. The van der Waals surface area contributed by atoms with Crippen LogP contribution >= 0.6 is 0 Å². The minimum atomic E-state index is -1.89. The van der Waals surface area contributed by atoms with E-state index >= 15 is 0 Å². The predicted octanol–water partition coefficient (Wildman–Crippen LogP) is 6.51. The molecule has 6 aliphatic heterocycles. The molecule has 4 atom stereocenters. The van der Waals surface area contributed by atoms with Gasteiger partial charge in [0.1, 0.15) is 35.1 Å². The molecule has 1 spiro atoms. The lowest BCUT2D eigenvalue weighted by molar-refractivity contribution is -0.155. The van der Waals surface area contributed by atoms with Crippen LogP contribution in [-0.4, -0.2) is 130 Å². The van der Waals surface area contributed by atoms with E-state index < -0.39 is 47.1 Å². The van der Waals surface area contributed by atoms with Crippen molar-refractivity contribution in [2.24, 2.45) is 27.7 Å². The van der Waals surface area contributed by atoms with E-state index in [1.807, 2.05) is 13.0 Å². The largest absolute Gasteiger partial charge is 0.507 e. The maximum atomic E-state index is 14.7. The van der Waals surface area contributed by atoms with E-state index in [0.29, 0.717) is 63.1 Å². The van der Waals surface area contributed by atoms with Crippen LogP contribution in [0.1, 0.15) is 134 Å². The second-order valence-corrected chi connectivity index (χ2v) is 21.3. The third-order valence-electron chi connectivity index (χ3n) is 15.2. The number of fused-ring (bicyclic) bond motifs is 13. The van der Waals surface area contributed by atoms with Crippen LogP contribution in [-0.2, 0) is 23.9 Å². The molecule has 2 saturated heterocycles. The first-order valence-corrected chi connectivity index (χ1v) is 25.8. The summed E-state index contributed by atoms with van der Waals surface area (Å²) in [5, 5.41) is 38.7. The lowest BCUT2D eigenvalue weighted by Crippen LogP contribution is -2.50. The quantitative estimate of drug-likeness (QED) is 0.133. The molecular weight excluding hydrogens is 893 g/mol. The number of hydrogen-bond donors (Lipinski definition) is 4. The Morgan fingerprint density at radius 1 is 0.914 bits per heavy atom. The zero-order valence-electron chi connectivity index (χ0n) is 42.1. The number of hydrogen-bond acceptors (Lipinski definition) is 14. The number of phenolic OH excluding ortho intramolecular Hbond substituents is 2. The Labute approximate surface area is 411 Å². The number of benzene rings is 2. The first kappa shape index (κ1) is 51.0. The number of carbonyl (C=O) groups excluding carboxylic acids is 4. The van der Waals surface area contributed by atoms with Crippen molar-refractivity contribution < 1.29 is 48.7 Å². The topological polar surface area (TPSA) is 203 Å². The molecule has 16 heteroatoms. The zero-order valence-corrected chi connectivity index (χ0v) is 42.1. The summed E-state index contributed by atoms with van der Waals surface area (Å²) in [5.74, 6) is -3.38. The van der Waals surface area contributed by atoms with E-state index in [-0.39, 0.29) is 74.5 Å². The van der Waals surface area contributed by atoms with Crippen molar-refractivity contribution in [2.75, 3.05) is 57.7 Å². The summed E-state index contributed by atoms with van der Waals surface area (Å²) in [7, 11) is 0. The van der Waals surface area contributed by atoms with Crippen LogP contribution in [0.25, 0.3) is 10.8 Å². The number of aromatic hydroxyl groups is 2. The van der Waals surface area contributed by atoms with Crippen molar-refractivity contribution in [3.8, 4) is 17.2 Å². The number of allylic oxidation sites excluding steroid dienone is 4. The maximum Gasteiger partial charge on any atom is 0.315 e. The number of anilines is 1. The van der Waals surface area contributed by atoms with Gasteiger partial charge in [0.15, 0.2) is 11.4 Å². The summed E-state index contributed by atoms with van der Waals surface area (Å²) >= 11 is 0. The summed E-state index contributed by atoms with van der Waals surface area (Å²) in [6.45, 7) is 17.2. The van der Waals surface area contributed by atoms with Gasteiger partial charge in [0.25, 0.3) is 11.7 Å². The number of aliphatic hydroxyl groups is 1. The van der Waals surface area contributed by atoms with Gasteiger partial charge in [0.2, 0.25) is 5.91 Å². The first-order valence-electron chi connectivity index (χ1n) is 25.8. The summed E-state index contributed by atoms with van der Waals surface area (Å²) < 4.78 is 18.3. The van der Waals surface area contributed by atoms with Crippen molar-refractivity contribution in [1.82, 2.24) is 14.7 Å². The summed E-state index contributed by atoms with van der Waals surface area (Å²) in [6.07, 6.45) is 15.9. The van der Waals surface area contributed by atoms with Crippen molar-refractivity contribution in [1.29, 1.82) is 0 Å². The zero-order chi connectivity index (χ0) is 49.9. The Kier molecular flexibility index (Phi) is 15.7. The predicted molar refractivity (Wildman–Crippen MR) is 265 cm³/mol. The van der Waals surface area contributed by atoms with Crippen molar-refractivity contribution in [3.05, 3.63) is 58.0 Å². The van der Waals surface area contributed by atoms with Crippen LogP contribution in [0.2, 0.25) is 0 Å². The molecule has 70 heavy (non-hydrogen) atoms. The van der Waals surface area contributed by atoms with Gasteiger partial charge in [0, 0.05) is 95.1 Å². The van der Waals surface area contributed by atoms with E-state index in [0.717, 1.165) is 45.2 Å². The Balaban J connectivity index is 1.05. The van der Waals surface area contributed by atoms with Gasteiger partial charge in [-0.15, -0.1) is 0 Å². The lowest BCUT2D eigenvalue weighted by atomic mass is 9.89. The van der Waals surface area contributed by atoms with E-state index in [1.165, 1.54) is 45.3 Å². The number of amides is 2. The third kappa shape index (κ3) is 11.2. The van der Waals surface area contributed by atoms with Gasteiger partial charge >= 0.3 is 11.8 Å². The number of piperidine rings is 1. The van der Waals surface area contributed by atoms with Gasteiger partial charge in [-0.05, 0) is 76.2 Å². The maximum absolute atomic E-state index is 14.7. The van der Waals surface area contributed by atoms with Gasteiger partial charge in [-0.25, -0.2) is 0 Å². The van der Waals surface area contributed by atoms with Crippen LogP contribution in [0.5, 0.6) is 17.2 Å². The molecule has 16 nitrogen and oxygen atoms in total.